The number of anilines is 1. The number of amides is 1. The van der Waals surface area contributed by atoms with E-state index in [9.17, 15) is 9.59 Å². The number of fused-ring (bicyclic) bond motifs is 1. The van der Waals surface area contributed by atoms with Crippen LogP contribution in [-0.2, 0) is 28.9 Å². The topological polar surface area (TPSA) is 58.6 Å². The van der Waals surface area contributed by atoms with Crippen molar-refractivity contribution in [2.45, 2.75) is 25.8 Å². The normalized spacial score (nSPS) is 12.4. The van der Waals surface area contributed by atoms with Crippen molar-refractivity contribution in [3.05, 3.63) is 64.7 Å². The van der Waals surface area contributed by atoms with Crippen LogP contribution in [0, 0.1) is 0 Å². The first-order valence-electron chi connectivity index (χ1n) is 8.85. The molecule has 2 aromatic carbocycles. The molecule has 0 unspecified atom stereocenters. The van der Waals surface area contributed by atoms with Gasteiger partial charge >= 0.3 is 5.97 Å². The summed E-state index contributed by atoms with van der Waals surface area (Å²) in [6.07, 6.45) is 3.21. The highest BCUT2D eigenvalue weighted by atomic mass is 16.5. The molecular weight excluding hydrogens is 328 g/mol. The van der Waals surface area contributed by atoms with Crippen LogP contribution >= 0.6 is 0 Å². The molecule has 5 nitrogen and oxygen atoms in total. The summed E-state index contributed by atoms with van der Waals surface area (Å²) in [7, 11) is 3.96. The van der Waals surface area contributed by atoms with Crippen LogP contribution in [-0.4, -0.2) is 32.6 Å². The van der Waals surface area contributed by atoms with Gasteiger partial charge in [0.05, 0.1) is 5.56 Å². The molecule has 0 spiro atoms. The van der Waals surface area contributed by atoms with Gasteiger partial charge in [0, 0.05) is 26.3 Å². The van der Waals surface area contributed by atoms with Crippen LogP contribution in [0.1, 0.15) is 33.5 Å². The molecule has 0 radical (unpaired) electrons. The zero-order valence-corrected chi connectivity index (χ0v) is 15.2. The lowest BCUT2D eigenvalue weighted by Gasteiger charge is -2.13. The molecule has 26 heavy (non-hydrogen) atoms. The van der Waals surface area contributed by atoms with Crippen molar-refractivity contribution in [3.8, 4) is 0 Å². The van der Waals surface area contributed by atoms with E-state index in [-0.39, 0.29) is 12.5 Å². The minimum Gasteiger partial charge on any atom is -0.452 e. The van der Waals surface area contributed by atoms with Crippen molar-refractivity contribution in [1.82, 2.24) is 5.32 Å². The van der Waals surface area contributed by atoms with Crippen LogP contribution in [0.5, 0.6) is 0 Å². The average Bonchev–Trinajstić information content (AvgIpc) is 3.12. The zero-order valence-electron chi connectivity index (χ0n) is 15.2. The first-order valence-corrected chi connectivity index (χ1v) is 8.85. The molecule has 1 aliphatic rings. The molecule has 0 bridgehead atoms. The van der Waals surface area contributed by atoms with Crippen molar-refractivity contribution >= 4 is 17.6 Å². The SMILES string of the molecule is CN(C)c1ccc(CNC(=O)COC(=O)c2ccc3c(c2)CCC3)cc1. The second kappa shape index (κ2) is 8.04. The first-order chi connectivity index (χ1) is 12.5. The van der Waals surface area contributed by atoms with E-state index in [1.54, 1.807) is 6.07 Å². The summed E-state index contributed by atoms with van der Waals surface area (Å²) in [6, 6.07) is 13.6. The summed E-state index contributed by atoms with van der Waals surface area (Å²) in [5, 5.41) is 2.77. The van der Waals surface area contributed by atoms with E-state index < -0.39 is 5.97 Å². The lowest BCUT2D eigenvalue weighted by atomic mass is 10.1. The molecule has 1 aliphatic carbocycles. The second-order valence-electron chi connectivity index (χ2n) is 6.75. The maximum atomic E-state index is 12.1. The molecule has 136 valence electrons. The Labute approximate surface area is 154 Å². The predicted molar refractivity (Wildman–Crippen MR) is 101 cm³/mol. The molecule has 0 saturated heterocycles. The van der Waals surface area contributed by atoms with Gasteiger partial charge in [-0.25, -0.2) is 4.79 Å². The number of rotatable bonds is 6. The molecule has 1 N–H and O–H groups in total. The fourth-order valence-electron chi connectivity index (χ4n) is 3.08. The molecule has 1 amide bonds. The lowest BCUT2D eigenvalue weighted by molar-refractivity contribution is -0.124. The summed E-state index contributed by atoms with van der Waals surface area (Å²) in [5.74, 6) is -0.763. The molecule has 2 aromatic rings. The molecular formula is C21H24N2O3. The Morgan fingerprint density at radius 1 is 1.04 bits per heavy atom. The minimum atomic E-state index is -0.454. The van der Waals surface area contributed by atoms with E-state index in [4.69, 9.17) is 4.74 Å². The van der Waals surface area contributed by atoms with Gasteiger partial charge in [0.1, 0.15) is 0 Å². The highest BCUT2D eigenvalue weighted by molar-refractivity contribution is 5.91. The number of ether oxygens (including phenoxy) is 1. The third kappa shape index (κ3) is 4.42. The van der Waals surface area contributed by atoms with Gasteiger partial charge in [0.2, 0.25) is 0 Å². The van der Waals surface area contributed by atoms with Gasteiger partial charge in [-0.1, -0.05) is 18.2 Å². The maximum Gasteiger partial charge on any atom is 0.338 e. The van der Waals surface area contributed by atoms with Gasteiger partial charge in [-0.05, 0) is 60.2 Å². The van der Waals surface area contributed by atoms with Gasteiger partial charge in [0.15, 0.2) is 6.61 Å². The van der Waals surface area contributed by atoms with Crippen LogP contribution in [0.25, 0.3) is 0 Å². The number of aryl methyl sites for hydroxylation is 2. The highest BCUT2D eigenvalue weighted by Crippen LogP contribution is 2.23. The minimum absolute atomic E-state index is 0.272. The molecule has 0 aliphatic heterocycles. The number of nitrogens with one attached hydrogen (secondary N) is 1. The quantitative estimate of drug-likeness (QED) is 0.812. The van der Waals surface area contributed by atoms with Crippen LogP contribution < -0.4 is 10.2 Å². The highest BCUT2D eigenvalue weighted by Gasteiger charge is 2.15. The number of esters is 1. The van der Waals surface area contributed by atoms with Crippen LogP contribution in [0.3, 0.4) is 0 Å². The largest absolute Gasteiger partial charge is 0.452 e. The summed E-state index contributed by atoms with van der Waals surface area (Å²) >= 11 is 0. The molecule has 0 heterocycles. The number of hydrogen-bond acceptors (Lipinski definition) is 4. The van der Waals surface area contributed by atoms with Gasteiger partial charge in [-0.15, -0.1) is 0 Å². The number of carbonyl (C=O) groups is 2. The lowest BCUT2D eigenvalue weighted by Crippen LogP contribution is -2.28. The van der Waals surface area contributed by atoms with Crippen molar-refractivity contribution in [2.75, 3.05) is 25.6 Å². The predicted octanol–water partition coefficient (Wildman–Crippen LogP) is 2.71. The van der Waals surface area contributed by atoms with E-state index in [1.165, 1.54) is 11.1 Å². The fourth-order valence-corrected chi connectivity index (χ4v) is 3.08. The van der Waals surface area contributed by atoms with Crippen LogP contribution in [0.4, 0.5) is 5.69 Å². The van der Waals surface area contributed by atoms with E-state index >= 15 is 0 Å². The van der Waals surface area contributed by atoms with Gasteiger partial charge in [0.25, 0.3) is 5.91 Å². The van der Waals surface area contributed by atoms with Gasteiger partial charge in [-0.3, -0.25) is 4.79 Å². The Morgan fingerprint density at radius 3 is 2.50 bits per heavy atom. The smallest absolute Gasteiger partial charge is 0.338 e. The van der Waals surface area contributed by atoms with E-state index in [2.05, 4.69) is 5.32 Å². The van der Waals surface area contributed by atoms with Gasteiger partial charge < -0.3 is 15.0 Å². The van der Waals surface area contributed by atoms with E-state index in [1.807, 2.05) is 55.4 Å². The van der Waals surface area contributed by atoms with Crippen LogP contribution in [0.15, 0.2) is 42.5 Å². The number of carbonyl (C=O) groups excluding carboxylic acids is 2. The summed E-state index contributed by atoms with van der Waals surface area (Å²) in [4.78, 5) is 26.1. The molecule has 0 fully saturated rings. The summed E-state index contributed by atoms with van der Waals surface area (Å²) < 4.78 is 5.13. The molecule has 0 aromatic heterocycles. The summed E-state index contributed by atoms with van der Waals surface area (Å²) in [6.45, 7) is 0.134. The number of benzene rings is 2. The third-order valence-electron chi connectivity index (χ3n) is 4.61. The van der Waals surface area contributed by atoms with Crippen LogP contribution in [0.2, 0.25) is 0 Å². The van der Waals surface area contributed by atoms with Gasteiger partial charge in [-0.2, -0.15) is 0 Å². The molecule has 0 saturated carbocycles. The molecule has 3 rings (SSSR count). The van der Waals surface area contributed by atoms with Crippen molar-refractivity contribution in [1.29, 1.82) is 0 Å². The summed E-state index contributed by atoms with van der Waals surface area (Å²) in [5.41, 5.74) is 5.12. The Morgan fingerprint density at radius 2 is 1.77 bits per heavy atom. The third-order valence-corrected chi connectivity index (χ3v) is 4.61. The van der Waals surface area contributed by atoms with Crippen molar-refractivity contribution < 1.29 is 14.3 Å². The monoisotopic (exact) mass is 352 g/mol. The zero-order chi connectivity index (χ0) is 18.5. The molecule has 0 atom stereocenters. The standard InChI is InChI=1S/C21H24N2O3/c1-23(2)19-10-6-15(7-11-19)13-22-20(24)14-26-21(25)18-9-8-16-4-3-5-17(16)12-18/h6-12H,3-5,13-14H2,1-2H3,(H,22,24). The van der Waals surface area contributed by atoms with Crippen molar-refractivity contribution in [3.63, 3.8) is 0 Å². The first kappa shape index (κ1) is 18.0. The maximum absolute atomic E-state index is 12.1. The number of nitrogens with zero attached hydrogens (tertiary/aromatic N) is 1. The Bertz CT molecular complexity index is 797. The Kier molecular flexibility index (Phi) is 5.56. The Balaban J connectivity index is 1.45. The Hall–Kier alpha value is -2.82. The fraction of sp³-hybridized carbons (Fsp3) is 0.333. The number of hydrogen-bond donors (Lipinski definition) is 1. The van der Waals surface area contributed by atoms with E-state index in [0.29, 0.717) is 12.1 Å². The molecule has 5 heteroatoms. The second-order valence-corrected chi connectivity index (χ2v) is 6.75. The van der Waals surface area contributed by atoms with E-state index in [0.717, 1.165) is 30.5 Å². The average molecular weight is 352 g/mol. The van der Waals surface area contributed by atoms with Crippen molar-refractivity contribution in [2.24, 2.45) is 0 Å².